The molecule has 0 atom stereocenters. The zero-order valence-electron chi connectivity index (χ0n) is 10.4. The van der Waals surface area contributed by atoms with Gasteiger partial charge in [-0.1, -0.05) is 19.4 Å². The van der Waals surface area contributed by atoms with Gasteiger partial charge in [-0.15, -0.1) is 0 Å². The lowest BCUT2D eigenvalue weighted by Gasteiger charge is -2.31. The van der Waals surface area contributed by atoms with Crippen LogP contribution in [0.5, 0.6) is 0 Å². The molecule has 0 bridgehead atoms. The molecule has 0 spiro atoms. The van der Waals surface area contributed by atoms with Gasteiger partial charge in [-0.2, -0.15) is 0 Å². The number of hydrogen-bond acceptors (Lipinski definition) is 2. The van der Waals surface area contributed by atoms with Gasteiger partial charge in [0.05, 0.1) is 0 Å². The van der Waals surface area contributed by atoms with Crippen molar-refractivity contribution in [3.8, 4) is 0 Å². The first kappa shape index (κ1) is 12.0. The average Bonchev–Trinajstić information content (AvgIpc) is 2.23. The van der Waals surface area contributed by atoms with E-state index in [1.807, 2.05) is 29.2 Å². The second-order valence-electron chi connectivity index (χ2n) is 4.71. The number of anilines is 2. The average molecular weight is 232 g/mol. The monoisotopic (exact) mass is 232 g/mol. The molecule has 1 aliphatic rings. The van der Waals surface area contributed by atoms with Crippen LogP contribution in [-0.2, 0) is 4.79 Å². The molecule has 1 aromatic rings. The minimum absolute atomic E-state index is 0.239. The molecule has 1 fully saturated rings. The van der Waals surface area contributed by atoms with Crippen molar-refractivity contribution in [2.45, 2.75) is 32.6 Å². The summed E-state index contributed by atoms with van der Waals surface area (Å²) in [7, 11) is 0. The molecule has 2 rings (SSSR count). The molecule has 1 saturated carbocycles. The number of carbonyl (C=O) groups excluding carboxylic acids is 1. The fourth-order valence-electron chi connectivity index (χ4n) is 2.16. The van der Waals surface area contributed by atoms with Gasteiger partial charge >= 0.3 is 0 Å². The fourth-order valence-corrected chi connectivity index (χ4v) is 2.16. The fraction of sp³-hybridized carbons (Fsp3) is 0.500. The van der Waals surface area contributed by atoms with E-state index in [1.165, 1.54) is 6.42 Å². The van der Waals surface area contributed by atoms with Crippen molar-refractivity contribution < 1.29 is 4.79 Å². The van der Waals surface area contributed by atoms with Crippen molar-refractivity contribution in [3.63, 3.8) is 0 Å². The summed E-state index contributed by atoms with van der Waals surface area (Å²) in [5, 5.41) is 0. The van der Waals surface area contributed by atoms with Crippen molar-refractivity contribution >= 4 is 17.3 Å². The summed E-state index contributed by atoms with van der Waals surface area (Å²) in [5.74, 6) is 0.506. The summed E-state index contributed by atoms with van der Waals surface area (Å²) in [6.45, 7) is 2.87. The maximum Gasteiger partial charge on any atom is 0.230 e. The van der Waals surface area contributed by atoms with Crippen LogP contribution in [-0.4, -0.2) is 12.5 Å². The summed E-state index contributed by atoms with van der Waals surface area (Å²) < 4.78 is 0. The van der Waals surface area contributed by atoms with Crippen molar-refractivity contribution in [2.24, 2.45) is 5.92 Å². The third kappa shape index (κ3) is 2.60. The normalized spacial score (nSPS) is 15.4. The molecule has 3 heteroatoms. The predicted octanol–water partition coefficient (Wildman–Crippen LogP) is 2.81. The first-order valence-corrected chi connectivity index (χ1v) is 6.39. The highest BCUT2D eigenvalue weighted by atomic mass is 16.2. The lowest BCUT2D eigenvalue weighted by Crippen LogP contribution is -2.39. The van der Waals surface area contributed by atoms with Gasteiger partial charge in [0.15, 0.2) is 0 Å². The van der Waals surface area contributed by atoms with Crippen LogP contribution in [0.3, 0.4) is 0 Å². The Morgan fingerprint density at radius 3 is 2.76 bits per heavy atom. The van der Waals surface area contributed by atoms with Crippen LogP contribution in [0.25, 0.3) is 0 Å². The highest BCUT2D eigenvalue weighted by Crippen LogP contribution is 2.30. The zero-order valence-corrected chi connectivity index (χ0v) is 10.4. The Balaban J connectivity index is 2.18. The number of hydrogen-bond donors (Lipinski definition) is 1. The van der Waals surface area contributed by atoms with E-state index in [2.05, 4.69) is 6.92 Å². The predicted molar refractivity (Wildman–Crippen MR) is 70.8 cm³/mol. The Hall–Kier alpha value is -1.51. The first-order chi connectivity index (χ1) is 8.22. The Labute approximate surface area is 103 Å². The van der Waals surface area contributed by atoms with E-state index in [0.717, 1.165) is 31.5 Å². The Morgan fingerprint density at radius 1 is 1.47 bits per heavy atom. The smallest absolute Gasteiger partial charge is 0.230 e. The Kier molecular flexibility index (Phi) is 3.67. The van der Waals surface area contributed by atoms with E-state index in [-0.39, 0.29) is 11.8 Å². The van der Waals surface area contributed by atoms with Crippen molar-refractivity contribution in [1.82, 2.24) is 0 Å². The number of nitrogen functional groups attached to an aromatic ring is 1. The van der Waals surface area contributed by atoms with E-state index in [4.69, 9.17) is 5.73 Å². The van der Waals surface area contributed by atoms with Crippen molar-refractivity contribution in [3.05, 3.63) is 24.3 Å². The summed E-state index contributed by atoms with van der Waals surface area (Å²) >= 11 is 0. The largest absolute Gasteiger partial charge is 0.399 e. The van der Waals surface area contributed by atoms with Gasteiger partial charge in [-0.05, 0) is 37.5 Å². The quantitative estimate of drug-likeness (QED) is 0.811. The van der Waals surface area contributed by atoms with E-state index < -0.39 is 0 Å². The SMILES string of the molecule is CCCN(C(=O)C1CCC1)c1cccc(N)c1. The second-order valence-corrected chi connectivity index (χ2v) is 4.71. The zero-order chi connectivity index (χ0) is 12.3. The number of amides is 1. The number of benzene rings is 1. The van der Waals surface area contributed by atoms with Crippen LogP contribution in [0.15, 0.2) is 24.3 Å². The van der Waals surface area contributed by atoms with Crippen molar-refractivity contribution in [1.29, 1.82) is 0 Å². The molecule has 0 aliphatic heterocycles. The molecule has 2 N–H and O–H groups in total. The molecule has 17 heavy (non-hydrogen) atoms. The number of nitrogens with two attached hydrogens (primary N) is 1. The van der Waals surface area contributed by atoms with Gasteiger partial charge in [-0.3, -0.25) is 4.79 Å². The van der Waals surface area contributed by atoms with Crippen LogP contribution in [0.1, 0.15) is 32.6 Å². The van der Waals surface area contributed by atoms with Crippen molar-refractivity contribution in [2.75, 3.05) is 17.2 Å². The highest BCUT2D eigenvalue weighted by molar-refractivity contribution is 5.95. The maximum absolute atomic E-state index is 12.3. The number of rotatable bonds is 4. The molecule has 1 aliphatic carbocycles. The summed E-state index contributed by atoms with van der Waals surface area (Å²) in [5.41, 5.74) is 7.42. The van der Waals surface area contributed by atoms with Crippen LogP contribution < -0.4 is 10.6 Å². The molecule has 0 unspecified atom stereocenters. The molecule has 0 saturated heterocycles. The van der Waals surface area contributed by atoms with Crippen LogP contribution >= 0.6 is 0 Å². The third-order valence-corrected chi connectivity index (χ3v) is 3.35. The molecule has 0 heterocycles. The van der Waals surface area contributed by atoms with Gasteiger partial charge < -0.3 is 10.6 Å². The summed E-state index contributed by atoms with van der Waals surface area (Å²) in [4.78, 5) is 14.2. The molecule has 0 aromatic heterocycles. The summed E-state index contributed by atoms with van der Waals surface area (Å²) in [6.07, 6.45) is 4.24. The van der Waals surface area contributed by atoms with Crippen LogP contribution in [0.4, 0.5) is 11.4 Å². The molecular formula is C14H20N2O. The molecule has 0 radical (unpaired) electrons. The molecule has 1 amide bonds. The minimum atomic E-state index is 0.239. The third-order valence-electron chi connectivity index (χ3n) is 3.35. The van der Waals surface area contributed by atoms with Gasteiger partial charge in [-0.25, -0.2) is 0 Å². The van der Waals surface area contributed by atoms with E-state index in [9.17, 15) is 4.79 Å². The maximum atomic E-state index is 12.3. The minimum Gasteiger partial charge on any atom is -0.399 e. The van der Waals surface area contributed by atoms with Crippen LogP contribution in [0, 0.1) is 5.92 Å². The van der Waals surface area contributed by atoms with Gasteiger partial charge in [0.25, 0.3) is 0 Å². The molecule has 92 valence electrons. The van der Waals surface area contributed by atoms with Gasteiger partial charge in [0, 0.05) is 23.8 Å². The van der Waals surface area contributed by atoms with Gasteiger partial charge in [0.1, 0.15) is 0 Å². The lowest BCUT2D eigenvalue weighted by molar-refractivity contribution is -0.124. The number of carbonyl (C=O) groups is 1. The Morgan fingerprint density at radius 2 is 2.24 bits per heavy atom. The molecular weight excluding hydrogens is 212 g/mol. The molecule has 3 nitrogen and oxygen atoms in total. The molecule has 1 aromatic carbocycles. The second kappa shape index (κ2) is 5.21. The van der Waals surface area contributed by atoms with Crippen LogP contribution in [0.2, 0.25) is 0 Å². The summed E-state index contributed by atoms with van der Waals surface area (Å²) in [6, 6.07) is 7.59. The van der Waals surface area contributed by atoms with Gasteiger partial charge in [0.2, 0.25) is 5.91 Å². The number of nitrogens with zero attached hydrogens (tertiary/aromatic N) is 1. The lowest BCUT2D eigenvalue weighted by atomic mass is 9.84. The van der Waals surface area contributed by atoms with E-state index in [1.54, 1.807) is 0 Å². The standard InChI is InChI=1S/C14H20N2O/c1-2-9-16(14(17)11-5-3-6-11)13-8-4-7-12(15)10-13/h4,7-8,10-11H,2-3,5-6,9,15H2,1H3. The highest BCUT2D eigenvalue weighted by Gasteiger charge is 2.29. The first-order valence-electron chi connectivity index (χ1n) is 6.39. The van der Waals surface area contributed by atoms with E-state index >= 15 is 0 Å². The topological polar surface area (TPSA) is 46.3 Å². The van der Waals surface area contributed by atoms with E-state index in [0.29, 0.717) is 5.69 Å². The Bertz CT molecular complexity index is 399.